The first-order valence-corrected chi connectivity index (χ1v) is 11.2. The maximum atomic E-state index is 12.2. The molecule has 0 fully saturated rings. The minimum absolute atomic E-state index is 0.158. The zero-order valence-corrected chi connectivity index (χ0v) is 18.9. The summed E-state index contributed by atoms with van der Waals surface area (Å²) in [6.07, 6.45) is 2.34. The Morgan fingerprint density at radius 3 is 2.39 bits per heavy atom. The van der Waals surface area contributed by atoms with Gasteiger partial charge >= 0.3 is 5.97 Å². The Bertz CT molecular complexity index is 1070. The number of hydrazone groups is 1. The van der Waals surface area contributed by atoms with E-state index in [9.17, 15) is 18.0 Å². The summed E-state index contributed by atoms with van der Waals surface area (Å²) in [4.78, 5) is 23.2. The highest BCUT2D eigenvalue weighted by Gasteiger charge is 2.21. The quantitative estimate of drug-likeness (QED) is 0.330. The second kappa shape index (κ2) is 11.0. The molecule has 0 bridgehead atoms. The molecule has 0 aliphatic carbocycles. The molecule has 0 heterocycles. The molecule has 2 aromatic carbocycles. The van der Waals surface area contributed by atoms with Crippen molar-refractivity contribution in [2.75, 3.05) is 30.8 Å². The number of halogens is 2. The molecule has 0 saturated carbocycles. The number of ether oxygens (including phenoxy) is 2. The molecule has 1 amide bonds. The van der Waals surface area contributed by atoms with Crippen molar-refractivity contribution in [1.29, 1.82) is 0 Å². The number of nitrogens with zero attached hydrogens (tertiary/aromatic N) is 2. The minimum Gasteiger partial charge on any atom is -0.482 e. The van der Waals surface area contributed by atoms with Crippen LogP contribution < -0.4 is 14.5 Å². The molecule has 9 nitrogen and oxygen atoms in total. The van der Waals surface area contributed by atoms with Crippen LogP contribution in [0.15, 0.2) is 47.6 Å². The highest BCUT2D eigenvalue weighted by atomic mass is 35.5. The van der Waals surface area contributed by atoms with Gasteiger partial charge in [-0.05, 0) is 48.0 Å². The number of carbonyl (C=O) groups is 2. The van der Waals surface area contributed by atoms with Crippen LogP contribution >= 0.6 is 23.2 Å². The lowest BCUT2D eigenvalue weighted by Gasteiger charge is -2.21. The van der Waals surface area contributed by atoms with E-state index in [-0.39, 0.29) is 22.3 Å². The molecule has 0 unspecified atom stereocenters. The second-order valence-corrected chi connectivity index (χ2v) is 8.82. The molecule has 0 saturated heterocycles. The molecule has 0 spiro atoms. The SMILES string of the molecule is COC(=O)COc1ccc(/C=N\NC(=O)CN(c2ccc(Cl)c(Cl)c2)S(C)(=O)=O)cc1. The molecular formula is C19H19Cl2N3O6S. The van der Waals surface area contributed by atoms with Gasteiger partial charge in [0.2, 0.25) is 10.0 Å². The van der Waals surface area contributed by atoms with Crippen molar-refractivity contribution < 1.29 is 27.5 Å². The summed E-state index contributed by atoms with van der Waals surface area (Å²) in [6.45, 7) is -0.718. The Labute approximate surface area is 189 Å². The van der Waals surface area contributed by atoms with Crippen LogP contribution in [-0.4, -0.2) is 53.0 Å². The first-order chi connectivity index (χ1) is 14.6. The van der Waals surface area contributed by atoms with Gasteiger partial charge in [-0.15, -0.1) is 0 Å². The monoisotopic (exact) mass is 487 g/mol. The van der Waals surface area contributed by atoms with Crippen LogP contribution in [0.3, 0.4) is 0 Å². The average molecular weight is 488 g/mol. The topological polar surface area (TPSA) is 114 Å². The number of carbonyl (C=O) groups excluding carboxylic acids is 2. The van der Waals surface area contributed by atoms with Crippen LogP contribution in [0.1, 0.15) is 5.56 Å². The number of benzene rings is 2. The van der Waals surface area contributed by atoms with Gasteiger partial charge < -0.3 is 9.47 Å². The largest absolute Gasteiger partial charge is 0.482 e. The molecular weight excluding hydrogens is 469 g/mol. The van der Waals surface area contributed by atoms with Gasteiger partial charge in [-0.25, -0.2) is 18.6 Å². The fourth-order valence-electron chi connectivity index (χ4n) is 2.24. The number of nitrogens with one attached hydrogen (secondary N) is 1. The highest BCUT2D eigenvalue weighted by molar-refractivity contribution is 7.92. The molecule has 0 aliphatic rings. The van der Waals surface area contributed by atoms with E-state index in [1.807, 2.05) is 0 Å². The van der Waals surface area contributed by atoms with E-state index < -0.39 is 28.4 Å². The van der Waals surface area contributed by atoms with Crippen LogP contribution in [0.25, 0.3) is 0 Å². The fraction of sp³-hybridized carbons (Fsp3) is 0.211. The van der Waals surface area contributed by atoms with Crippen molar-refractivity contribution in [3.05, 3.63) is 58.1 Å². The lowest BCUT2D eigenvalue weighted by atomic mass is 10.2. The molecule has 0 radical (unpaired) electrons. The maximum absolute atomic E-state index is 12.2. The zero-order chi connectivity index (χ0) is 23.0. The molecule has 31 heavy (non-hydrogen) atoms. The van der Waals surface area contributed by atoms with Gasteiger partial charge in [-0.3, -0.25) is 9.10 Å². The Morgan fingerprint density at radius 1 is 1.13 bits per heavy atom. The van der Waals surface area contributed by atoms with Gasteiger partial charge in [-0.1, -0.05) is 23.2 Å². The Morgan fingerprint density at radius 2 is 1.81 bits per heavy atom. The summed E-state index contributed by atoms with van der Waals surface area (Å²) >= 11 is 11.8. The Kier molecular flexibility index (Phi) is 8.66. The summed E-state index contributed by atoms with van der Waals surface area (Å²) < 4.78 is 34.8. The van der Waals surface area contributed by atoms with Crippen LogP contribution in [0.4, 0.5) is 5.69 Å². The van der Waals surface area contributed by atoms with Gasteiger partial charge in [0.1, 0.15) is 12.3 Å². The molecule has 0 aliphatic heterocycles. The van der Waals surface area contributed by atoms with Crippen molar-refractivity contribution in [3.63, 3.8) is 0 Å². The van der Waals surface area contributed by atoms with Gasteiger partial charge in [0.05, 0.1) is 35.3 Å². The van der Waals surface area contributed by atoms with Crippen LogP contribution in [0.5, 0.6) is 5.75 Å². The van der Waals surface area contributed by atoms with E-state index in [0.29, 0.717) is 11.3 Å². The normalized spacial score (nSPS) is 11.2. The molecule has 2 aromatic rings. The van der Waals surface area contributed by atoms with Crippen molar-refractivity contribution in [3.8, 4) is 5.75 Å². The number of methoxy groups -OCH3 is 1. The highest BCUT2D eigenvalue weighted by Crippen LogP contribution is 2.28. The lowest BCUT2D eigenvalue weighted by molar-refractivity contribution is -0.142. The smallest absolute Gasteiger partial charge is 0.343 e. The predicted octanol–water partition coefficient (Wildman–Crippen LogP) is 2.46. The predicted molar refractivity (Wildman–Crippen MR) is 118 cm³/mol. The van der Waals surface area contributed by atoms with Crippen LogP contribution in [0, 0.1) is 0 Å². The number of esters is 1. The molecule has 1 N–H and O–H groups in total. The summed E-state index contributed by atoms with van der Waals surface area (Å²) in [5, 5.41) is 4.23. The summed E-state index contributed by atoms with van der Waals surface area (Å²) in [6, 6.07) is 10.8. The first kappa shape index (κ1) is 24.4. The second-order valence-electron chi connectivity index (χ2n) is 6.10. The number of hydrogen-bond donors (Lipinski definition) is 1. The summed E-state index contributed by atoms with van der Waals surface area (Å²) in [7, 11) is -2.50. The van der Waals surface area contributed by atoms with Gasteiger partial charge in [0.25, 0.3) is 5.91 Å². The average Bonchev–Trinajstić information content (AvgIpc) is 2.72. The van der Waals surface area contributed by atoms with Crippen molar-refractivity contribution in [2.24, 2.45) is 5.10 Å². The molecule has 0 atom stereocenters. The van der Waals surface area contributed by atoms with Crippen molar-refractivity contribution in [2.45, 2.75) is 0 Å². The van der Waals surface area contributed by atoms with Gasteiger partial charge in [0, 0.05) is 0 Å². The van der Waals surface area contributed by atoms with Crippen LogP contribution in [-0.2, 0) is 24.3 Å². The maximum Gasteiger partial charge on any atom is 0.343 e. The van der Waals surface area contributed by atoms with Gasteiger partial charge in [0.15, 0.2) is 6.61 Å². The summed E-state index contributed by atoms with van der Waals surface area (Å²) in [5.41, 5.74) is 3.09. The van der Waals surface area contributed by atoms with E-state index in [4.69, 9.17) is 27.9 Å². The Hall–Kier alpha value is -2.82. The fourth-order valence-corrected chi connectivity index (χ4v) is 3.38. The van der Waals surface area contributed by atoms with Crippen molar-refractivity contribution in [1.82, 2.24) is 5.43 Å². The summed E-state index contributed by atoms with van der Waals surface area (Å²) in [5.74, 6) is -0.708. The number of sulfonamides is 1. The number of amides is 1. The standard InChI is InChI=1S/C19H19Cl2N3O6S/c1-29-19(26)12-30-15-6-3-13(4-7-15)10-22-23-18(25)11-24(31(2,27)28)14-5-8-16(20)17(21)9-14/h3-10H,11-12H2,1-2H3,(H,23,25)/b22-10-. The van der Waals surface area contributed by atoms with E-state index in [0.717, 1.165) is 10.6 Å². The van der Waals surface area contributed by atoms with Crippen molar-refractivity contribution >= 4 is 57.0 Å². The molecule has 0 aromatic heterocycles. The lowest BCUT2D eigenvalue weighted by Crippen LogP contribution is -2.39. The number of anilines is 1. The van der Waals surface area contributed by atoms with E-state index in [2.05, 4.69) is 15.3 Å². The molecule has 166 valence electrons. The Balaban J connectivity index is 1.98. The third kappa shape index (κ3) is 7.74. The molecule has 2 rings (SSSR count). The number of rotatable bonds is 9. The van der Waals surface area contributed by atoms with E-state index >= 15 is 0 Å². The third-order valence-corrected chi connectivity index (χ3v) is 5.63. The molecule has 12 heteroatoms. The minimum atomic E-state index is -3.77. The zero-order valence-electron chi connectivity index (χ0n) is 16.5. The van der Waals surface area contributed by atoms with Gasteiger partial charge in [-0.2, -0.15) is 5.10 Å². The van der Waals surface area contributed by atoms with Crippen LogP contribution in [0.2, 0.25) is 10.0 Å². The third-order valence-electron chi connectivity index (χ3n) is 3.75. The van der Waals surface area contributed by atoms with E-state index in [1.165, 1.54) is 31.5 Å². The number of hydrogen-bond acceptors (Lipinski definition) is 7. The first-order valence-electron chi connectivity index (χ1n) is 8.64. The van der Waals surface area contributed by atoms with E-state index in [1.54, 1.807) is 24.3 Å².